The molecule has 0 radical (unpaired) electrons. The Labute approximate surface area is 164 Å². The third-order valence-electron chi connectivity index (χ3n) is 5.09. The van der Waals surface area contributed by atoms with Crippen molar-refractivity contribution in [3.63, 3.8) is 0 Å². The highest BCUT2D eigenvalue weighted by Crippen LogP contribution is 2.50. The second kappa shape index (κ2) is 7.92. The van der Waals surface area contributed by atoms with Gasteiger partial charge in [0.2, 0.25) is 11.7 Å². The number of carbonyl (C=O) groups is 2. The molecule has 1 aliphatic carbocycles. The third-order valence-corrected chi connectivity index (χ3v) is 5.09. The average molecular weight is 383 g/mol. The van der Waals surface area contributed by atoms with Crippen LogP contribution in [0.4, 0.5) is 0 Å². The Kier molecular flexibility index (Phi) is 5.58. The molecule has 1 atom stereocenters. The van der Waals surface area contributed by atoms with Crippen molar-refractivity contribution in [3.8, 4) is 28.4 Å². The van der Waals surface area contributed by atoms with E-state index in [4.69, 9.17) is 14.2 Å². The lowest BCUT2D eigenvalue weighted by Crippen LogP contribution is -2.26. The highest BCUT2D eigenvalue weighted by atomic mass is 16.5. The molecule has 1 amide bonds. The lowest BCUT2D eigenvalue weighted by molar-refractivity contribution is -0.119. The number of ether oxygens (including phenoxy) is 3. The molecule has 148 valence electrons. The third kappa shape index (κ3) is 3.42. The maximum atomic E-state index is 12.0. The maximum absolute atomic E-state index is 12.0. The molecule has 0 fully saturated rings. The van der Waals surface area contributed by atoms with E-state index in [1.54, 1.807) is 27.4 Å². The van der Waals surface area contributed by atoms with Crippen LogP contribution >= 0.6 is 0 Å². The van der Waals surface area contributed by atoms with Crippen LogP contribution in [0.2, 0.25) is 0 Å². The first kappa shape index (κ1) is 19.7. The van der Waals surface area contributed by atoms with Gasteiger partial charge in [0.1, 0.15) is 0 Å². The van der Waals surface area contributed by atoms with Gasteiger partial charge in [0.25, 0.3) is 0 Å². The van der Waals surface area contributed by atoms with E-state index in [0.717, 1.165) is 22.3 Å². The van der Waals surface area contributed by atoms with Crippen LogP contribution in [0, 0.1) is 0 Å². The molecule has 28 heavy (non-hydrogen) atoms. The number of amides is 1. The molecule has 2 aromatic carbocycles. The van der Waals surface area contributed by atoms with Gasteiger partial charge in [0.15, 0.2) is 17.3 Å². The summed E-state index contributed by atoms with van der Waals surface area (Å²) in [6.07, 6.45) is 1.40. The number of fused-ring (bicyclic) bond motifs is 3. The van der Waals surface area contributed by atoms with Crippen LogP contribution in [-0.4, -0.2) is 33.0 Å². The molecule has 1 unspecified atom stereocenters. The van der Waals surface area contributed by atoms with E-state index >= 15 is 0 Å². The Bertz CT molecular complexity index is 935. The van der Waals surface area contributed by atoms with Gasteiger partial charge in [-0.05, 0) is 48.6 Å². The Hall–Kier alpha value is -3.02. The van der Waals surface area contributed by atoms with Gasteiger partial charge in [-0.1, -0.05) is 12.1 Å². The van der Waals surface area contributed by atoms with Crippen LogP contribution in [0.5, 0.6) is 17.2 Å². The van der Waals surface area contributed by atoms with Crippen LogP contribution in [-0.2, 0) is 11.2 Å². The van der Waals surface area contributed by atoms with Gasteiger partial charge in [0.05, 0.1) is 27.4 Å². The number of Topliss-reactive ketones (excluding diaryl/α,β-unsaturated/α-hetero) is 1. The minimum atomic E-state index is -0.208. The summed E-state index contributed by atoms with van der Waals surface area (Å²) in [7, 11) is 4.76. The number of carbonyl (C=O) groups excluding carboxylic acids is 2. The van der Waals surface area contributed by atoms with Crippen molar-refractivity contribution in [2.45, 2.75) is 32.7 Å². The van der Waals surface area contributed by atoms with Crippen molar-refractivity contribution in [2.24, 2.45) is 0 Å². The average Bonchev–Trinajstić information content (AvgIpc) is 2.82. The molecule has 0 heterocycles. The van der Waals surface area contributed by atoms with Crippen LogP contribution in [0.25, 0.3) is 11.1 Å². The summed E-state index contributed by atoms with van der Waals surface area (Å²) in [5.74, 6) is 1.56. The largest absolute Gasteiger partial charge is 0.493 e. The van der Waals surface area contributed by atoms with Gasteiger partial charge in [-0.3, -0.25) is 9.59 Å². The summed E-state index contributed by atoms with van der Waals surface area (Å²) in [5, 5.41) is 3.02. The highest BCUT2D eigenvalue weighted by molar-refractivity contribution is 5.95. The van der Waals surface area contributed by atoms with Crippen LogP contribution < -0.4 is 19.5 Å². The normalized spacial score (nSPS) is 15.0. The number of nitrogens with one attached hydrogen (secondary N) is 1. The van der Waals surface area contributed by atoms with Crippen molar-refractivity contribution in [2.75, 3.05) is 21.3 Å². The van der Waals surface area contributed by atoms with E-state index in [-0.39, 0.29) is 17.7 Å². The van der Waals surface area contributed by atoms with Crippen molar-refractivity contribution >= 4 is 11.7 Å². The van der Waals surface area contributed by atoms with Gasteiger partial charge in [-0.2, -0.15) is 0 Å². The van der Waals surface area contributed by atoms with Crippen LogP contribution in [0.3, 0.4) is 0 Å². The van der Waals surface area contributed by atoms with Crippen molar-refractivity contribution in [3.05, 3.63) is 41.0 Å². The summed E-state index contributed by atoms with van der Waals surface area (Å²) in [5.41, 5.74) is 4.36. The van der Waals surface area contributed by atoms with Gasteiger partial charge in [-0.25, -0.2) is 0 Å². The molecule has 2 aromatic rings. The Morgan fingerprint density at radius 1 is 1.00 bits per heavy atom. The minimum absolute atomic E-state index is 0.0203. The molecule has 3 rings (SSSR count). The van der Waals surface area contributed by atoms with Crippen LogP contribution in [0.1, 0.15) is 47.8 Å². The first-order valence-corrected chi connectivity index (χ1v) is 9.15. The highest BCUT2D eigenvalue weighted by Gasteiger charge is 2.29. The fourth-order valence-electron chi connectivity index (χ4n) is 3.85. The van der Waals surface area contributed by atoms with E-state index in [1.165, 1.54) is 13.8 Å². The maximum Gasteiger partial charge on any atom is 0.217 e. The lowest BCUT2D eigenvalue weighted by atomic mass is 9.91. The molecule has 0 saturated heterocycles. The standard InChI is InChI=1S/C22H25NO5/c1-12(24)14-6-8-16-17(10-14)18(23-13(2)25)9-7-15-11-19(26-3)21(27-4)22(28-5)20(15)16/h6,8,10-11,18H,7,9H2,1-5H3,(H,23,25). The number of hydrogen-bond donors (Lipinski definition) is 1. The monoisotopic (exact) mass is 383 g/mol. The van der Waals surface area contributed by atoms with Crippen molar-refractivity contribution in [1.29, 1.82) is 0 Å². The van der Waals surface area contributed by atoms with Crippen LogP contribution in [0.15, 0.2) is 24.3 Å². The van der Waals surface area contributed by atoms with E-state index in [9.17, 15) is 9.59 Å². The molecule has 6 heteroatoms. The van der Waals surface area contributed by atoms with Gasteiger partial charge < -0.3 is 19.5 Å². The summed E-state index contributed by atoms with van der Waals surface area (Å²) in [6, 6.07) is 7.33. The number of benzene rings is 2. The topological polar surface area (TPSA) is 73.9 Å². The predicted molar refractivity (Wildman–Crippen MR) is 106 cm³/mol. The summed E-state index contributed by atoms with van der Waals surface area (Å²) in [6.45, 7) is 3.04. The second-order valence-electron chi connectivity index (χ2n) is 6.83. The second-order valence-corrected chi connectivity index (χ2v) is 6.83. The Balaban J connectivity index is 2.33. The molecular formula is C22H25NO5. The molecule has 0 aliphatic heterocycles. The number of aryl methyl sites for hydroxylation is 1. The SMILES string of the molecule is COc1cc2c(c(OC)c1OC)-c1ccc(C(C)=O)cc1C(NC(C)=O)CC2. The molecule has 1 N–H and O–H groups in total. The molecule has 1 aliphatic rings. The predicted octanol–water partition coefficient (Wildman–Crippen LogP) is 3.71. The summed E-state index contributed by atoms with van der Waals surface area (Å²) < 4.78 is 16.8. The number of ketones is 1. The zero-order chi connectivity index (χ0) is 20.4. The summed E-state index contributed by atoms with van der Waals surface area (Å²) >= 11 is 0. The Morgan fingerprint density at radius 3 is 2.29 bits per heavy atom. The first-order valence-electron chi connectivity index (χ1n) is 9.15. The van der Waals surface area contributed by atoms with E-state index in [1.807, 2.05) is 18.2 Å². The zero-order valence-corrected chi connectivity index (χ0v) is 16.8. The van der Waals surface area contributed by atoms with E-state index < -0.39 is 0 Å². The van der Waals surface area contributed by atoms with E-state index in [2.05, 4.69) is 5.32 Å². The molecule has 0 bridgehead atoms. The molecule has 0 aromatic heterocycles. The molecule has 6 nitrogen and oxygen atoms in total. The quantitative estimate of drug-likeness (QED) is 0.797. The lowest BCUT2D eigenvalue weighted by Gasteiger charge is -2.21. The molecular weight excluding hydrogens is 358 g/mol. The van der Waals surface area contributed by atoms with Gasteiger partial charge >= 0.3 is 0 Å². The molecule has 0 saturated carbocycles. The number of hydrogen-bond acceptors (Lipinski definition) is 5. The van der Waals surface area contributed by atoms with Gasteiger partial charge in [-0.15, -0.1) is 0 Å². The zero-order valence-electron chi connectivity index (χ0n) is 16.8. The minimum Gasteiger partial charge on any atom is -0.493 e. The van der Waals surface area contributed by atoms with Gasteiger partial charge in [0, 0.05) is 18.1 Å². The van der Waals surface area contributed by atoms with Crippen molar-refractivity contribution in [1.82, 2.24) is 5.32 Å². The summed E-state index contributed by atoms with van der Waals surface area (Å²) in [4.78, 5) is 23.8. The molecule has 0 spiro atoms. The Morgan fingerprint density at radius 2 is 1.71 bits per heavy atom. The van der Waals surface area contributed by atoms with Crippen molar-refractivity contribution < 1.29 is 23.8 Å². The fraction of sp³-hybridized carbons (Fsp3) is 0.364. The smallest absolute Gasteiger partial charge is 0.217 e. The first-order chi connectivity index (χ1) is 13.4. The number of methoxy groups -OCH3 is 3. The fourth-order valence-corrected chi connectivity index (χ4v) is 3.85. The number of rotatable bonds is 5. The van der Waals surface area contributed by atoms with E-state index in [0.29, 0.717) is 35.7 Å².